The van der Waals surface area contributed by atoms with Gasteiger partial charge in [0.05, 0.1) is 18.1 Å². The lowest BCUT2D eigenvalue weighted by atomic mass is 10.2. The van der Waals surface area contributed by atoms with Crippen molar-refractivity contribution in [1.29, 1.82) is 0 Å². The van der Waals surface area contributed by atoms with Gasteiger partial charge >= 0.3 is 13.8 Å². The lowest BCUT2D eigenvalue weighted by Gasteiger charge is -2.20. The van der Waals surface area contributed by atoms with Crippen LogP contribution < -0.4 is 0 Å². The van der Waals surface area contributed by atoms with E-state index in [2.05, 4.69) is 0 Å². The van der Waals surface area contributed by atoms with Gasteiger partial charge < -0.3 is 9.47 Å². The minimum absolute atomic E-state index is 0.278. The summed E-state index contributed by atoms with van der Waals surface area (Å²) in [5, 5.41) is 0. The van der Waals surface area contributed by atoms with Gasteiger partial charge in [0.25, 0.3) is 5.85 Å². The van der Waals surface area contributed by atoms with Crippen molar-refractivity contribution in [3.05, 3.63) is 0 Å². The lowest BCUT2D eigenvalue weighted by Crippen LogP contribution is -2.25. The van der Waals surface area contributed by atoms with Gasteiger partial charge in [0, 0.05) is 6.92 Å². The molecule has 0 aliphatic rings. The predicted octanol–water partition coefficient (Wildman–Crippen LogP) is 3.81. The van der Waals surface area contributed by atoms with E-state index in [4.69, 9.17) is 9.47 Å². The fourth-order valence-electron chi connectivity index (χ4n) is 1.45. The maximum Gasteiger partial charge on any atom is 0.370 e. The molecule has 0 aliphatic heterocycles. The molecule has 19 heavy (non-hydrogen) atoms. The van der Waals surface area contributed by atoms with Crippen molar-refractivity contribution in [2.24, 2.45) is 11.8 Å². The van der Waals surface area contributed by atoms with Crippen molar-refractivity contribution >= 4 is 13.8 Å². The van der Waals surface area contributed by atoms with E-state index in [9.17, 15) is 9.36 Å². The van der Waals surface area contributed by atoms with Crippen LogP contribution in [0.25, 0.3) is 0 Å². The Morgan fingerprint density at radius 1 is 1.16 bits per heavy atom. The van der Waals surface area contributed by atoms with Crippen LogP contribution in [0.3, 0.4) is 0 Å². The molecule has 3 atom stereocenters. The van der Waals surface area contributed by atoms with Gasteiger partial charge in [-0.1, -0.05) is 18.4 Å². The minimum Gasteiger partial charge on any atom is -0.465 e. The summed E-state index contributed by atoms with van der Waals surface area (Å²) in [5.74, 6) is -0.670. The molecule has 5 heteroatoms. The highest BCUT2D eigenvalue weighted by molar-refractivity contribution is 7.45. The molecule has 0 aromatic heterocycles. The molecule has 4 nitrogen and oxygen atoms in total. The zero-order chi connectivity index (χ0) is 15.2. The average Bonchev–Trinajstić information content (AvgIpc) is 2.23. The van der Waals surface area contributed by atoms with E-state index in [1.165, 1.54) is 0 Å². The molecule has 3 unspecified atom stereocenters. The lowest BCUT2D eigenvalue weighted by molar-refractivity contribution is -0.148. The van der Waals surface area contributed by atoms with Crippen molar-refractivity contribution in [3.63, 3.8) is 0 Å². The van der Waals surface area contributed by atoms with E-state index in [0.29, 0.717) is 18.7 Å². The van der Waals surface area contributed by atoms with Crippen molar-refractivity contribution in [3.8, 4) is 0 Å². The fraction of sp³-hybridized carbons (Fsp3) is 0.929. The zero-order valence-electron chi connectivity index (χ0n) is 13.2. The van der Waals surface area contributed by atoms with Gasteiger partial charge in [0.15, 0.2) is 6.16 Å². The predicted molar refractivity (Wildman–Crippen MR) is 77.7 cm³/mol. The number of hydrogen-bond acceptors (Lipinski definition) is 4. The summed E-state index contributed by atoms with van der Waals surface area (Å²) in [6.45, 7) is 13.7. The third-order valence-electron chi connectivity index (χ3n) is 2.34. The molecule has 0 heterocycles. The Balaban J connectivity index is 4.21. The highest BCUT2D eigenvalue weighted by atomic mass is 31.1. The highest BCUT2D eigenvalue weighted by Gasteiger charge is 2.34. The molecule has 0 fully saturated rings. The Hall–Kier alpha value is -0.470. The minimum atomic E-state index is -1.58. The first-order chi connectivity index (χ1) is 8.53. The zero-order valence-corrected chi connectivity index (χ0v) is 14.1. The quantitative estimate of drug-likeness (QED) is 0.528. The normalized spacial score (nSPS) is 16.1. The van der Waals surface area contributed by atoms with Crippen molar-refractivity contribution in [2.45, 2.75) is 59.9 Å². The van der Waals surface area contributed by atoms with Gasteiger partial charge in [0.1, 0.15) is 0 Å². The van der Waals surface area contributed by atoms with E-state index < -0.39 is 7.80 Å². The van der Waals surface area contributed by atoms with Gasteiger partial charge in [-0.3, -0.25) is 4.79 Å². The van der Waals surface area contributed by atoms with Gasteiger partial charge in [-0.2, -0.15) is 0 Å². The smallest absolute Gasteiger partial charge is 0.370 e. The van der Waals surface area contributed by atoms with Crippen LogP contribution in [-0.4, -0.2) is 30.2 Å². The van der Waals surface area contributed by atoms with Crippen molar-refractivity contribution in [2.75, 3.05) is 12.8 Å². The van der Waals surface area contributed by atoms with E-state index in [1.807, 2.05) is 34.6 Å². The fourth-order valence-corrected chi connectivity index (χ4v) is 2.87. The van der Waals surface area contributed by atoms with E-state index in [0.717, 1.165) is 0 Å². The van der Waals surface area contributed by atoms with Crippen LogP contribution in [0.1, 0.15) is 48.5 Å². The second kappa shape index (κ2) is 7.96. The van der Waals surface area contributed by atoms with Crippen LogP contribution >= 0.6 is 7.80 Å². The average molecular weight is 291 g/mol. The summed E-state index contributed by atoms with van der Waals surface area (Å²) in [7, 11) is -1.58. The van der Waals surface area contributed by atoms with E-state index >= 15 is 0 Å². The molecule has 112 valence electrons. The second-order valence-electron chi connectivity index (χ2n) is 6.35. The summed E-state index contributed by atoms with van der Waals surface area (Å²) in [5.41, 5.74) is -0.328. The number of carbonyl (C=O) groups excluding carboxylic acids is 1. The number of esters is 1. The third-order valence-corrected chi connectivity index (χ3v) is 4.17. The largest absolute Gasteiger partial charge is 0.465 e. The number of hydrogen-bond donors (Lipinski definition) is 0. The van der Waals surface area contributed by atoms with Gasteiger partial charge in [-0.05, 0) is 33.6 Å². The third kappa shape index (κ3) is 9.12. The summed E-state index contributed by atoms with van der Waals surface area (Å²) in [6.07, 6.45) is 0.309. The topological polar surface area (TPSA) is 52.6 Å². The summed E-state index contributed by atoms with van der Waals surface area (Å²) in [6, 6.07) is 0. The molecule has 0 amide bonds. The molecular weight excluding hydrogens is 263 g/mol. The van der Waals surface area contributed by atoms with Crippen molar-refractivity contribution in [1.82, 2.24) is 0 Å². The summed E-state index contributed by atoms with van der Waals surface area (Å²) < 4.78 is 22.9. The Bertz CT molecular complexity index is 307. The SMILES string of the molecule is CC(C)COC(=O)C(C)C[P+](=O)C(C)OC(C)(C)C. The van der Waals surface area contributed by atoms with Gasteiger partial charge in [-0.25, -0.2) is 0 Å². The molecular formula is C14H28O4P+. The molecule has 0 aromatic rings. The molecule has 0 aromatic carbocycles. The van der Waals surface area contributed by atoms with Crippen LogP contribution in [0.2, 0.25) is 0 Å². The number of rotatable bonds is 7. The Labute approximate surface area is 118 Å². The first-order valence-electron chi connectivity index (χ1n) is 6.81. The summed E-state index contributed by atoms with van der Waals surface area (Å²) >= 11 is 0. The molecule has 0 rings (SSSR count). The first kappa shape index (κ1) is 18.5. The molecule has 0 aliphatic carbocycles. The van der Waals surface area contributed by atoms with Gasteiger partial charge in [0.2, 0.25) is 0 Å². The maximum absolute atomic E-state index is 12.1. The Kier molecular flexibility index (Phi) is 7.76. The van der Waals surface area contributed by atoms with Crippen LogP contribution in [0.4, 0.5) is 0 Å². The van der Waals surface area contributed by atoms with Crippen LogP contribution in [0.15, 0.2) is 0 Å². The first-order valence-corrected chi connectivity index (χ1v) is 8.32. The van der Waals surface area contributed by atoms with E-state index in [-0.39, 0.29) is 23.3 Å². The maximum atomic E-state index is 12.1. The standard InChI is InChI=1S/C14H28O4P/c1-10(2)8-17-13(15)11(3)9-19(16)12(4)18-14(5,6)7/h10-12H,8-9H2,1-7H3/q+1. The molecule has 0 spiro atoms. The number of carbonyl (C=O) groups is 1. The molecule has 0 saturated carbocycles. The van der Waals surface area contributed by atoms with Gasteiger partial charge in [-0.15, -0.1) is 0 Å². The van der Waals surface area contributed by atoms with E-state index in [1.54, 1.807) is 13.8 Å². The molecule has 0 N–H and O–H groups in total. The number of ether oxygens (including phenoxy) is 2. The van der Waals surface area contributed by atoms with Crippen LogP contribution in [0.5, 0.6) is 0 Å². The van der Waals surface area contributed by atoms with Crippen LogP contribution in [0, 0.1) is 11.8 Å². The van der Waals surface area contributed by atoms with Crippen LogP contribution in [-0.2, 0) is 18.8 Å². The van der Waals surface area contributed by atoms with Crippen molar-refractivity contribution < 1.29 is 18.8 Å². The Morgan fingerprint density at radius 2 is 1.68 bits per heavy atom. The summed E-state index contributed by atoms with van der Waals surface area (Å²) in [4.78, 5) is 11.7. The highest BCUT2D eigenvalue weighted by Crippen LogP contribution is 2.34. The molecule has 0 bridgehead atoms. The monoisotopic (exact) mass is 291 g/mol. The Morgan fingerprint density at radius 3 is 2.11 bits per heavy atom. The molecule has 0 radical (unpaired) electrons. The second-order valence-corrected chi connectivity index (χ2v) is 8.28. The molecule has 0 saturated heterocycles.